The van der Waals surface area contributed by atoms with Gasteiger partial charge >= 0.3 is 6.01 Å². The van der Waals surface area contributed by atoms with Crippen molar-refractivity contribution < 1.29 is 14.0 Å². The molecule has 5 heterocycles. The third-order valence-corrected chi connectivity index (χ3v) is 7.06. The van der Waals surface area contributed by atoms with Crippen molar-refractivity contribution in [1.29, 1.82) is 0 Å². The van der Waals surface area contributed by atoms with E-state index in [1.54, 1.807) is 20.9 Å². The normalized spacial score (nSPS) is 15.6. The molecule has 0 bridgehead atoms. The first kappa shape index (κ1) is 21.9. The molecule has 5 aromatic rings. The van der Waals surface area contributed by atoms with Gasteiger partial charge in [-0.1, -0.05) is 12.6 Å². The van der Waals surface area contributed by atoms with Crippen molar-refractivity contribution in [2.24, 2.45) is 0 Å². The number of nitrogens with zero attached hydrogens (tertiary/aromatic N) is 6. The maximum Gasteiger partial charge on any atom is 0.302 e. The highest BCUT2D eigenvalue weighted by Gasteiger charge is 2.31. The van der Waals surface area contributed by atoms with Gasteiger partial charge in [0.15, 0.2) is 16.9 Å². The summed E-state index contributed by atoms with van der Waals surface area (Å²) in [5.41, 5.74) is 8.77. The average molecular weight is 501 g/mol. The zero-order valence-electron chi connectivity index (χ0n) is 18.9. The Morgan fingerprint density at radius 3 is 2.97 bits per heavy atom. The quantitative estimate of drug-likeness (QED) is 0.349. The summed E-state index contributed by atoms with van der Waals surface area (Å²) in [6, 6.07) is 9.55. The Hall–Kier alpha value is -4.58. The van der Waals surface area contributed by atoms with Crippen molar-refractivity contribution >= 4 is 57.1 Å². The summed E-state index contributed by atoms with van der Waals surface area (Å²) in [5.74, 6) is -0.576. The molecule has 1 aliphatic rings. The lowest BCUT2D eigenvalue weighted by Gasteiger charge is -2.14. The van der Waals surface area contributed by atoms with Crippen LogP contribution < -0.4 is 11.1 Å². The summed E-state index contributed by atoms with van der Waals surface area (Å²) >= 11 is 1.63. The minimum absolute atomic E-state index is 0.0417. The van der Waals surface area contributed by atoms with E-state index in [0.29, 0.717) is 41.6 Å². The molecule has 12 heteroatoms. The van der Waals surface area contributed by atoms with Crippen LogP contribution in [0.2, 0.25) is 0 Å². The Bertz CT molecular complexity index is 1640. The van der Waals surface area contributed by atoms with Crippen LogP contribution in [-0.2, 0) is 4.79 Å². The van der Waals surface area contributed by atoms with Gasteiger partial charge in [-0.3, -0.25) is 14.9 Å². The summed E-state index contributed by atoms with van der Waals surface area (Å²) in [6.07, 6.45) is 3.26. The van der Waals surface area contributed by atoms with Crippen LogP contribution >= 0.6 is 11.3 Å². The monoisotopic (exact) mass is 500 g/mol. The van der Waals surface area contributed by atoms with Crippen molar-refractivity contribution in [3.63, 3.8) is 0 Å². The fraction of sp³-hybridized carbons (Fsp3) is 0.167. The summed E-state index contributed by atoms with van der Waals surface area (Å²) < 4.78 is 7.38. The Morgan fingerprint density at radius 1 is 1.28 bits per heavy atom. The Balaban J connectivity index is 1.32. The molecule has 0 aliphatic carbocycles. The molecular weight excluding hydrogens is 480 g/mol. The number of anilines is 2. The van der Waals surface area contributed by atoms with E-state index in [9.17, 15) is 9.59 Å². The predicted octanol–water partition coefficient (Wildman–Crippen LogP) is 3.49. The second-order valence-corrected chi connectivity index (χ2v) is 9.26. The topological polar surface area (TPSA) is 145 Å². The van der Waals surface area contributed by atoms with Gasteiger partial charge in [-0.15, -0.1) is 11.3 Å². The van der Waals surface area contributed by atoms with Gasteiger partial charge in [-0.2, -0.15) is 10.1 Å². The van der Waals surface area contributed by atoms with Crippen molar-refractivity contribution in [3.05, 3.63) is 60.4 Å². The Labute approximate surface area is 208 Å². The molecule has 1 aromatic carbocycles. The van der Waals surface area contributed by atoms with Crippen LogP contribution in [0.5, 0.6) is 0 Å². The van der Waals surface area contributed by atoms with Gasteiger partial charge in [-0.25, -0.2) is 14.6 Å². The molecule has 180 valence electrons. The number of rotatable bonds is 5. The summed E-state index contributed by atoms with van der Waals surface area (Å²) in [4.78, 5) is 40.9. The maximum absolute atomic E-state index is 13.3. The standard InChI is InChI=1S/C24H20N8O3S/c1-2-18(33)31-8-7-14(11-31)32-22-19(21(25)26-12-27-22)20(30-32)23(34)29-24-28-15-10-13(5-6-16(15)35-24)17-4-3-9-36-17/h2-6,9-10,12,14H,1,7-8,11H2,(H2,25,26,27)(H,28,29,34). The number of benzene rings is 1. The number of nitrogens with one attached hydrogen (secondary N) is 1. The van der Waals surface area contributed by atoms with Gasteiger partial charge in [-0.05, 0) is 47.7 Å². The van der Waals surface area contributed by atoms with E-state index in [1.165, 1.54) is 12.4 Å². The van der Waals surface area contributed by atoms with Crippen LogP contribution in [-0.4, -0.2) is 54.5 Å². The lowest BCUT2D eigenvalue weighted by atomic mass is 10.2. The SMILES string of the molecule is C=CC(=O)N1CCC(n2nc(C(=O)Nc3nc4cc(-c5cccs5)ccc4o3)c3c(N)ncnc32)C1. The van der Waals surface area contributed by atoms with E-state index < -0.39 is 5.91 Å². The van der Waals surface area contributed by atoms with Crippen molar-refractivity contribution in [1.82, 2.24) is 29.6 Å². The Kier molecular flexibility index (Phi) is 5.22. The molecule has 0 saturated carbocycles. The molecule has 3 N–H and O–H groups in total. The van der Waals surface area contributed by atoms with Gasteiger partial charge in [0.1, 0.15) is 17.7 Å². The van der Waals surface area contributed by atoms with E-state index in [1.807, 2.05) is 35.7 Å². The average Bonchev–Trinajstić information content (AvgIpc) is 3.68. The third-order valence-electron chi connectivity index (χ3n) is 6.14. The molecule has 36 heavy (non-hydrogen) atoms. The third kappa shape index (κ3) is 3.67. The molecule has 6 rings (SSSR count). The van der Waals surface area contributed by atoms with Crippen molar-refractivity contribution in [3.8, 4) is 10.4 Å². The van der Waals surface area contributed by atoms with Crippen LogP contribution in [0.15, 0.2) is 59.1 Å². The van der Waals surface area contributed by atoms with Gasteiger partial charge in [0.05, 0.1) is 11.4 Å². The molecule has 4 aromatic heterocycles. The minimum Gasteiger partial charge on any atom is -0.423 e. The smallest absolute Gasteiger partial charge is 0.302 e. The number of carbonyl (C=O) groups is 2. The first-order chi connectivity index (χ1) is 17.5. The van der Waals surface area contributed by atoms with Gasteiger partial charge in [0.2, 0.25) is 5.91 Å². The van der Waals surface area contributed by atoms with Crippen LogP contribution in [0, 0.1) is 0 Å². The number of oxazole rings is 1. The van der Waals surface area contributed by atoms with E-state index in [0.717, 1.165) is 10.4 Å². The molecule has 1 aliphatic heterocycles. The number of likely N-dealkylation sites (tertiary alicyclic amines) is 1. The number of thiophene rings is 1. The zero-order chi connectivity index (χ0) is 24.8. The van der Waals surface area contributed by atoms with Crippen LogP contribution in [0.25, 0.3) is 32.6 Å². The van der Waals surface area contributed by atoms with Gasteiger partial charge in [0, 0.05) is 18.0 Å². The van der Waals surface area contributed by atoms with Crippen molar-refractivity contribution in [2.45, 2.75) is 12.5 Å². The molecule has 1 saturated heterocycles. The minimum atomic E-state index is -0.553. The highest BCUT2D eigenvalue weighted by molar-refractivity contribution is 7.13. The maximum atomic E-state index is 13.3. The van der Waals surface area contributed by atoms with Gasteiger partial charge < -0.3 is 15.1 Å². The molecule has 2 amide bonds. The number of carbonyl (C=O) groups excluding carboxylic acids is 2. The van der Waals surface area contributed by atoms with E-state index in [-0.39, 0.29) is 29.5 Å². The number of nitrogen functional groups attached to an aromatic ring is 1. The lowest BCUT2D eigenvalue weighted by molar-refractivity contribution is -0.125. The number of amides is 2. The van der Waals surface area contributed by atoms with Crippen LogP contribution in [0.3, 0.4) is 0 Å². The number of fused-ring (bicyclic) bond motifs is 2. The zero-order valence-corrected chi connectivity index (χ0v) is 19.7. The molecule has 11 nitrogen and oxygen atoms in total. The lowest BCUT2D eigenvalue weighted by Crippen LogP contribution is -2.27. The summed E-state index contributed by atoms with van der Waals surface area (Å²) in [6.45, 7) is 4.52. The highest BCUT2D eigenvalue weighted by atomic mass is 32.1. The fourth-order valence-electron chi connectivity index (χ4n) is 4.41. The van der Waals surface area contributed by atoms with E-state index in [4.69, 9.17) is 10.2 Å². The molecular formula is C24H20N8O3S. The van der Waals surface area contributed by atoms with Crippen LogP contribution in [0.4, 0.5) is 11.8 Å². The molecule has 1 unspecified atom stereocenters. The second-order valence-electron chi connectivity index (χ2n) is 8.31. The predicted molar refractivity (Wildman–Crippen MR) is 135 cm³/mol. The van der Waals surface area contributed by atoms with Crippen molar-refractivity contribution in [2.75, 3.05) is 24.1 Å². The van der Waals surface area contributed by atoms with E-state index in [2.05, 4.69) is 31.9 Å². The number of hydrogen-bond donors (Lipinski definition) is 2. The molecule has 1 atom stereocenters. The fourth-order valence-corrected chi connectivity index (χ4v) is 5.14. The first-order valence-corrected chi connectivity index (χ1v) is 12.1. The van der Waals surface area contributed by atoms with E-state index >= 15 is 0 Å². The first-order valence-electron chi connectivity index (χ1n) is 11.2. The summed E-state index contributed by atoms with van der Waals surface area (Å²) in [7, 11) is 0. The molecule has 0 spiro atoms. The Morgan fingerprint density at radius 2 is 2.17 bits per heavy atom. The van der Waals surface area contributed by atoms with Crippen LogP contribution in [0.1, 0.15) is 23.0 Å². The number of hydrogen-bond acceptors (Lipinski definition) is 9. The summed E-state index contributed by atoms with van der Waals surface area (Å²) in [5, 5.41) is 9.56. The second kappa shape index (κ2) is 8.57. The largest absolute Gasteiger partial charge is 0.423 e. The molecule has 0 radical (unpaired) electrons. The highest BCUT2D eigenvalue weighted by Crippen LogP contribution is 2.31. The molecule has 1 fully saturated rings. The van der Waals surface area contributed by atoms with Gasteiger partial charge in [0.25, 0.3) is 5.91 Å². The number of nitrogens with two attached hydrogens (primary N) is 1. The number of aromatic nitrogens is 5.